The number of hydrogen-bond donors (Lipinski definition) is 1. The van der Waals surface area contributed by atoms with Crippen molar-refractivity contribution in [3.8, 4) is 0 Å². The molecule has 0 saturated heterocycles. The highest BCUT2D eigenvalue weighted by Crippen LogP contribution is 2.39. The van der Waals surface area contributed by atoms with Crippen molar-refractivity contribution < 1.29 is 0 Å². The fraction of sp³-hybridized carbons (Fsp3) is 0.105. The van der Waals surface area contributed by atoms with Crippen molar-refractivity contribution in [1.82, 2.24) is 9.55 Å². The van der Waals surface area contributed by atoms with Crippen molar-refractivity contribution in [3.05, 3.63) is 89.0 Å². The maximum atomic E-state index is 12.6. The Morgan fingerprint density at radius 1 is 1.00 bits per heavy atom. The van der Waals surface area contributed by atoms with Gasteiger partial charge in [-0.05, 0) is 18.2 Å². The minimum absolute atomic E-state index is 0.107. The number of aliphatic imine (C=N–C) groups is 1. The van der Waals surface area contributed by atoms with E-state index >= 15 is 0 Å². The third-order valence-corrected chi connectivity index (χ3v) is 4.58. The fourth-order valence-corrected chi connectivity index (χ4v) is 3.07. The smallest absolute Gasteiger partial charge is 0.340 e. The quantitative estimate of drug-likeness (QED) is 0.405. The molecule has 1 heterocycles. The molecule has 0 aliphatic carbocycles. The Morgan fingerprint density at radius 3 is 2.18 bits per heavy atom. The van der Waals surface area contributed by atoms with Crippen LogP contribution in [0.5, 0.6) is 0 Å². The fourth-order valence-electron chi connectivity index (χ4n) is 2.39. The van der Waals surface area contributed by atoms with Crippen molar-refractivity contribution >= 4 is 63.1 Å². The highest BCUT2D eigenvalue weighted by atomic mass is 35.6. The van der Waals surface area contributed by atoms with Crippen LogP contribution in [-0.4, -0.2) is 18.5 Å². The van der Waals surface area contributed by atoms with Gasteiger partial charge in [0.1, 0.15) is 11.0 Å². The highest BCUT2D eigenvalue weighted by Gasteiger charge is 2.35. The number of anilines is 2. The van der Waals surface area contributed by atoms with Crippen molar-refractivity contribution in [2.45, 2.75) is 9.96 Å². The molecule has 0 fully saturated rings. The molecule has 0 aliphatic rings. The second-order valence-corrected chi connectivity index (χ2v) is 8.42. The van der Waals surface area contributed by atoms with E-state index in [2.05, 4.69) is 15.3 Å². The molecule has 0 radical (unpaired) electrons. The monoisotopic (exact) mass is 454 g/mol. The van der Waals surface area contributed by atoms with Crippen LogP contribution in [-0.2, 0) is 0 Å². The number of benzene rings is 2. The minimum atomic E-state index is -1.92. The summed E-state index contributed by atoms with van der Waals surface area (Å²) in [7, 11) is 0. The van der Waals surface area contributed by atoms with E-state index in [4.69, 9.17) is 46.4 Å². The molecule has 3 aromatic rings. The number of para-hydroxylation sites is 1. The lowest BCUT2D eigenvalue weighted by molar-refractivity contribution is 0.508. The molecule has 1 unspecified atom stereocenters. The number of aromatic nitrogens is 2. The molecular formula is C19H14Cl4N4O. The topological polar surface area (TPSA) is 59.3 Å². The molecule has 0 spiro atoms. The zero-order valence-electron chi connectivity index (χ0n) is 14.3. The lowest BCUT2D eigenvalue weighted by atomic mass is 10.2. The summed E-state index contributed by atoms with van der Waals surface area (Å²) in [6.07, 6.45) is 0.252. The van der Waals surface area contributed by atoms with Crippen LogP contribution in [0.3, 0.4) is 0 Å². The third-order valence-electron chi connectivity index (χ3n) is 3.68. The first-order chi connectivity index (χ1) is 13.3. The molecule has 5 nitrogen and oxygen atoms in total. The summed E-state index contributed by atoms with van der Waals surface area (Å²) in [6, 6.07) is 19.9. The number of hydrogen-bond acceptors (Lipinski definition) is 4. The molecule has 1 N–H and O–H groups in total. The molecule has 1 aromatic heterocycles. The molecule has 28 heavy (non-hydrogen) atoms. The van der Waals surface area contributed by atoms with Crippen LogP contribution in [0, 0.1) is 0 Å². The second kappa shape index (κ2) is 8.97. The number of alkyl halides is 3. The maximum Gasteiger partial charge on any atom is 0.351 e. The standard InChI is InChI=1S/C19H14Cl4N4O/c20-16(13-7-3-1-4-8-13)26-17(19(21,22)23)27-12-11-15(25-18(27)28)24-14-9-5-2-6-10-14/h1-12,17H,(H,24,25,28). The predicted molar refractivity (Wildman–Crippen MR) is 116 cm³/mol. The molecule has 0 amide bonds. The molecular weight excluding hydrogens is 442 g/mol. The van der Waals surface area contributed by atoms with E-state index in [9.17, 15) is 4.79 Å². The van der Waals surface area contributed by atoms with Crippen molar-refractivity contribution in [1.29, 1.82) is 0 Å². The average Bonchev–Trinajstić information content (AvgIpc) is 2.67. The average molecular weight is 456 g/mol. The molecule has 144 valence electrons. The van der Waals surface area contributed by atoms with Crippen LogP contribution < -0.4 is 11.0 Å². The summed E-state index contributed by atoms with van der Waals surface area (Å²) in [5, 5.41) is 3.14. The number of rotatable bonds is 5. The van der Waals surface area contributed by atoms with Crippen LogP contribution in [0.2, 0.25) is 0 Å². The maximum absolute atomic E-state index is 12.6. The van der Waals surface area contributed by atoms with Crippen LogP contribution in [0.4, 0.5) is 11.5 Å². The second-order valence-electron chi connectivity index (χ2n) is 5.69. The Labute approximate surface area is 181 Å². The Kier molecular flexibility index (Phi) is 6.62. The van der Waals surface area contributed by atoms with E-state index in [1.54, 1.807) is 30.3 Å². The van der Waals surface area contributed by atoms with Gasteiger partial charge in [0, 0.05) is 17.4 Å². The van der Waals surface area contributed by atoms with Gasteiger partial charge in [0.15, 0.2) is 6.17 Å². The van der Waals surface area contributed by atoms with Crippen molar-refractivity contribution in [3.63, 3.8) is 0 Å². The van der Waals surface area contributed by atoms with E-state index < -0.39 is 15.6 Å². The van der Waals surface area contributed by atoms with Crippen LogP contribution in [0.1, 0.15) is 11.7 Å². The number of nitrogens with zero attached hydrogens (tertiary/aromatic N) is 3. The molecule has 1 atom stereocenters. The van der Waals surface area contributed by atoms with E-state index in [0.717, 1.165) is 10.3 Å². The zero-order valence-corrected chi connectivity index (χ0v) is 17.3. The van der Waals surface area contributed by atoms with E-state index in [1.807, 2.05) is 36.4 Å². The van der Waals surface area contributed by atoms with Gasteiger partial charge in [-0.3, -0.25) is 4.57 Å². The lowest BCUT2D eigenvalue weighted by Gasteiger charge is -2.23. The summed E-state index contributed by atoms with van der Waals surface area (Å²) in [5.74, 6) is 0.355. The summed E-state index contributed by atoms with van der Waals surface area (Å²) < 4.78 is -0.802. The Bertz CT molecular complexity index is 1020. The first kappa shape index (κ1) is 20.7. The molecule has 3 rings (SSSR count). The first-order valence-electron chi connectivity index (χ1n) is 8.11. The van der Waals surface area contributed by atoms with Gasteiger partial charge in [0.05, 0.1) is 0 Å². The van der Waals surface area contributed by atoms with Gasteiger partial charge in [-0.1, -0.05) is 94.9 Å². The van der Waals surface area contributed by atoms with Gasteiger partial charge in [0.25, 0.3) is 0 Å². The van der Waals surface area contributed by atoms with Gasteiger partial charge in [-0.15, -0.1) is 0 Å². The summed E-state index contributed by atoms with van der Waals surface area (Å²) in [6.45, 7) is 0. The van der Waals surface area contributed by atoms with Crippen LogP contribution >= 0.6 is 46.4 Å². The van der Waals surface area contributed by atoms with Crippen molar-refractivity contribution in [2.24, 2.45) is 4.99 Å². The summed E-state index contributed by atoms with van der Waals surface area (Å²) in [4.78, 5) is 20.8. The van der Waals surface area contributed by atoms with E-state index in [-0.39, 0.29) is 5.17 Å². The lowest BCUT2D eigenvalue weighted by Crippen LogP contribution is -2.33. The van der Waals surface area contributed by atoms with Gasteiger partial charge < -0.3 is 5.32 Å². The zero-order chi connectivity index (χ0) is 20.1. The van der Waals surface area contributed by atoms with Crippen LogP contribution in [0.15, 0.2) is 82.7 Å². The largest absolute Gasteiger partial charge is 0.351 e. The molecule has 2 aromatic carbocycles. The van der Waals surface area contributed by atoms with E-state index in [1.165, 1.54) is 6.20 Å². The van der Waals surface area contributed by atoms with Gasteiger partial charge >= 0.3 is 5.69 Å². The molecule has 0 saturated carbocycles. The molecule has 0 aliphatic heterocycles. The van der Waals surface area contributed by atoms with Gasteiger partial charge in [0.2, 0.25) is 3.79 Å². The third kappa shape index (κ3) is 5.26. The Morgan fingerprint density at radius 2 is 1.61 bits per heavy atom. The number of nitrogens with one attached hydrogen (secondary N) is 1. The van der Waals surface area contributed by atoms with Crippen molar-refractivity contribution in [2.75, 3.05) is 5.32 Å². The number of halogens is 4. The Hall–Kier alpha value is -2.05. The predicted octanol–water partition coefficient (Wildman–Crippen LogP) is 5.54. The normalized spacial score (nSPS) is 13.2. The highest BCUT2D eigenvalue weighted by molar-refractivity contribution is 6.70. The minimum Gasteiger partial charge on any atom is -0.340 e. The van der Waals surface area contributed by atoms with Gasteiger partial charge in [-0.25, -0.2) is 9.79 Å². The van der Waals surface area contributed by atoms with Gasteiger partial charge in [-0.2, -0.15) is 4.98 Å². The molecule has 0 bridgehead atoms. The Balaban J connectivity index is 1.94. The summed E-state index contributed by atoms with van der Waals surface area (Å²) >= 11 is 24.5. The first-order valence-corrected chi connectivity index (χ1v) is 9.62. The van der Waals surface area contributed by atoms with Crippen LogP contribution in [0.25, 0.3) is 0 Å². The molecule has 9 heteroatoms. The SMILES string of the molecule is O=c1nc(Nc2ccccc2)ccn1C(N=C(Cl)c1ccccc1)C(Cl)(Cl)Cl. The van der Waals surface area contributed by atoms with E-state index in [0.29, 0.717) is 11.4 Å². The summed E-state index contributed by atoms with van der Waals surface area (Å²) in [5.41, 5.74) is 0.778.